The van der Waals surface area contributed by atoms with E-state index < -0.39 is 11.8 Å². The number of ether oxygens (including phenoxy) is 2. The van der Waals surface area contributed by atoms with Crippen molar-refractivity contribution in [2.24, 2.45) is 5.92 Å². The van der Waals surface area contributed by atoms with E-state index in [1.54, 1.807) is 0 Å². The van der Waals surface area contributed by atoms with Crippen LogP contribution in [0.15, 0.2) is 18.2 Å². The smallest absolute Gasteiger partial charge is 0.338 e. The Hall–Kier alpha value is -1.62. The molecule has 0 saturated heterocycles. The van der Waals surface area contributed by atoms with Crippen molar-refractivity contribution in [3.63, 3.8) is 0 Å². The predicted octanol–water partition coefficient (Wildman–Crippen LogP) is 2.24. The number of hydrogen-bond donors (Lipinski definition) is 1. The Balaban J connectivity index is 2.34. The van der Waals surface area contributed by atoms with Crippen LogP contribution in [0.4, 0.5) is 10.1 Å². The molecule has 1 aromatic rings. The van der Waals surface area contributed by atoms with Crippen LogP contribution in [0, 0.1) is 11.7 Å². The molecule has 0 spiro atoms. The lowest BCUT2D eigenvalue weighted by Crippen LogP contribution is -2.13. The lowest BCUT2D eigenvalue weighted by atomic mass is 10.2. The Bertz CT molecular complexity index is 407. The van der Waals surface area contributed by atoms with Gasteiger partial charge in [-0.2, -0.15) is 0 Å². The first kappa shape index (κ1) is 14.4. The third-order valence-electron chi connectivity index (χ3n) is 2.15. The molecule has 2 N–H and O–H groups in total. The fraction of sp³-hybridized carbons (Fsp3) is 0.462. The topological polar surface area (TPSA) is 61.5 Å². The van der Waals surface area contributed by atoms with Gasteiger partial charge in [0.25, 0.3) is 0 Å². The molecule has 1 aromatic carbocycles. The number of nitrogen functional groups attached to an aromatic ring is 1. The second kappa shape index (κ2) is 6.96. The normalized spacial score (nSPS) is 10.7. The highest BCUT2D eigenvalue weighted by Gasteiger charge is 2.09. The number of rotatable bonds is 6. The lowest BCUT2D eigenvalue weighted by Gasteiger charge is -2.08. The van der Waals surface area contributed by atoms with Gasteiger partial charge in [0, 0.05) is 6.61 Å². The number of hydrogen-bond acceptors (Lipinski definition) is 4. The number of nitrogens with two attached hydrogens (primary N) is 1. The Labute approximate surface area is 106 Å². The van der Waals surface area contributed by atoms with Crippen LogP contribution < -0.4 is 5.73 Å². The molecule has 0 fully saturated rings. The van der Waals surface area contributed by atoms with E-state index in [9.17, 15) is 9.18 Å². The molecule has 1 rings (SSSR count). The molecule has 0 bridgehead atoms. The van der Waals surface area contributed by atoms with Crippen molar-refractivity contribution in [3.05, 3.63) is 29.6 Å². The summed E-state index contributed by atoms with van der Waals surface area (Å²) in [6, 6.07) is 3.82. The van der Waals surface area contributed by atoms with Gasteiger partial charge in [0.15, 0.2) is 0 Å². The Morgan fingerprint density at radius 2 is 2.11 bits per heavy atom. The zero-order valence-electron chi connectivity index (χ0n) is 10.6. The van der Waals surface area contributed by atoms with E-state index in [1.807, 2.05) is 13.8 Å². The van der Waals surface area contributed by atoms with Gasteiger partial charge >= 0.3 is 5.97 Å². The maximum absolute atomic E-state index is 13.1. The minimum atomic E-state index is -0.625. The molecule has 0 aliphatic heterocycles. The molecule has 100 valence electrons. The van der Waals surface area contributed by atoms with Crippen molar-refractivity contribution in [2.45, 2.75) is 13.8 Å². The van der Waals surface area contributed by atoms with Crippen LogP contribution >= 0.6 is 0 Å². The van der Waals surface area contributed by atoms with Gasteiger partial charge in [-0.25, -0.2) is 9.18 Å². The average molecular weight is 255 g/mol. The van der Waals surface area contributed by atoms with Crippen molar-refractivity contribution >= 4 is 11.7 Å². The zero-order valence-corrected chi connectivity index (χ0v) is 10.6. The number of halogens is 1. The summed E-state index contributed by atoms with van der Waals surface area (Å²) in [7, 11) is 0. The van der Waals surface area contributed by atoms with E-state index >= 15 is 0 Å². The maximum Gasteiger partial charge on any atom is 0.338 e. The summed E-state index contributed by atoms with van der Waals surface area (Å²) < 4.78 is 23.3. The van der Waals surface area contributed by atoms with Crippen LogP contribution in [0.25, 0.3) is 0 Å². The van der Waals surface area contributed by atoms with E-state index in [0.717, 1.165) is 6.07 Å². The average Bonchev–Trinajstić information content (AvgIpc) is 2.31. The number of carbonyl (C=O) groups excluding carboxylic acids is 1. The van der Waals surface area contributed by atoms with Gasteiger partial charge in [0.1, 0.15) is 12.4 Å². The van der Waals surface area contributed by atoms with Crippen molar-refractivity contribution in [3.8, 4) is 0 Å². The zero-order chi connectivity index (χ0) is 13.5. The summed E-state index contributed by atoms with van der Waals surface area (Å²) in [4.78, 5) is 11.5. The molecule has 5 heteroatoms. The molecular weight excluding hydrogens is 237 g/mol. The van der Waals surface area contributed by atoms with Crippen LogP contribution in [0.1, 0.15) is 24.2 Å². The summed E-state index contributed by atoms with van der Waals surface area (Å²) in [5.41, 5.74) is 5.46. The highest BCUT2D eigenvalue weighted by Crippen LogP contribution is 2.12. The largest absolute Gasteiger partial charge is 0.460 e. The van der Waals surface area contributed by atoms with E-state index in [4.69, 9.17) is 15.2 Å². The van der Waals surface area contributed by atoms with Crippen molar-refractivity contribution < 1.29 is 18.7 Å². The molecule has 18 heavy (non-hydrogen) atoms. The van der Waals surface area contributed by atoms with Gasteiger partial charge in [0.2, 0.25) is 0 Å². The van der Waals surface area contributed by atoms with Crippen LogP contribution in [0.3, 0.4) is 0 Å². The van der Waals surface area contributed by atoms with Crippen LogP contribution in [0.5, 0.6) is 0 Å². The van der Waals surface area contributed by atoms with Crippen LogP contribution in [-0.2, 0) is 9.47 Å². The molecule has 0 aromatic heterocycles. The highest BCUT2D eigenvalue weighted by molar-refractivity contribution is 5.89. The molecule has 0 aliphatic carbocycles. The minimum Gasteiger partial charge on any atom is -0.460 e. The molecule has 0 atom stereocenters. The SMILES string of the molecule is CC(C)COCCOC(=O)c1ccc(N)c(F)c1. The van der Waals surface area contributed by atoms with Gasteiger partial charge in [-0.05, 0) is 24.1 Å². The van der Waals surface area contributed by atoms with Crippen molar-refractivity contribution in [2.75, 3.05) is 25.6 Å². The highest BCUT2D eigenvalue weighted by atomic mass is 19.1. The van der Waals surface area contributed by atoms with Gasteiger partial charge in [-0.3, -0.25) is 0 Å². The Kier molecular flexibility index (Phi) is 5.58. The summed E-state index contributed by atoms with van der Waals surface area (Å²) in [6.45, 7) is 5.17. The number of anilines is 1. The van der Waals surface area contributed by atoms with Gasteiger partial charge in [-0.1, -0.05) is 13.8 Å². The molecule has 0 saturated carbocycles. The Morgan fingerprint density at radius 1 is 1.39 bits per heavy atom. The molecule has 0 unspecified atom stereocenters. The van der Waals surface area contributed by atoms with E-state index in [2.05, 4.69) is 0 Å². The summed E-state index contributed by atoms with van der Waals surface area (Å²) >= 11 is 0. The minimum absolute atomic E-state index is 0.00631. The fourth-order valence-electron chi connectivity index (χ4n) is 1.25. The number of carbonyl (C=O) groups is 1. The monoisotopic (exact) mass is 255 g/mol. The molecule has 0 aliphatic rings. The maximum atomic E-state index is 13.1. The summed E-state index contributed by atoms with van der Waals surface area (Å²) in [5.74, 6) is -0.769. The molecule has 0 heterocycles. The van der Waals surface area contributed by atoms with E-state index in [0.29, 0.717) is 19.1 Å². The van der Waals surface area contributed by atoms with Crippen molar-refractivity contribution in [1.82, 2.24) is 0 Å². The first-order chi connectivity index (χ1) is 8.50. The first-order valence-corrected chi connectivity index (χ1v) is 5.80. The van der Waals surface area contributed by atoms with E-state index in [1.165, 1.54) is 12.1 Å². The standard InChI is InChI=1S/C13H18FNO3/c1-9(2)8-17-5-6-18-13(16)10-3-4-12(15)11(14)7-10/h3-4,7,9H,5-6,8,15H2,1-2H3. The van der Waals surface area contributed by atoms with Gasteiger partial charge in [0.05, 0.1) is 17.9 Å². The third kappa shape index (κ3) is 4.71. The number of esters is 1. The van der Waals surface area contributed by atoms with Gasteiger partial charge < -0.3 is 15.2 Å². The molecule has 0 radical (unpaired) electrons. The third-order valence-corrected chi connectivity index (χ3v) is 2.15. The summed E-state index contributed by atoms with van der Waals surface area (Å²) in [5, 5.41) is 0. The second-order valence-electron chi connectivity index (χ2n) is 4.34. The van der Waals surface area contributed by atoms with Crippen molar-refractivity contribution in [1.29, 1.82) is 0 Å². The summed E-state index contributed by atoms with van der Waals surface area (Å²) in [6.07, 6.45) is 0. The number of benzene rings is 1. The molecule has 0 amide bonds. The molecular formula is C13H18FNO3. The molecule has 4 nitrogen and oxygen atoms in total. The lowest BCUT2D eigenvalue weighted by molar-refractivity contribution is 0.0277. The van der Waals surface area contributed by atoms with Gasteiger partial charge in [-0.15, -0.1) is 0 Å². The van der Waals surface area contributed by atoms with Crippen LogP contribution in [-0.4, -0.2) is 25.8 Å². The quantitative estimate of drug-likeness (QED) is 0.481. The van der Waals surface area contributed by atoms with Crippen LogP contribution in [0.2, 0.25) is 0 Å². The fourth-order valence-corrected chi connectivity index (χ4v) is 1.25. The van der Waals surface area contributed by atoms with E-state index in [-0.39, 0.29) is 17.9 Å². The second-order valence-corrected chi connectivity index (χ2v) is 4.34. The Morgan fingerprint density at radius 3 is 2.72 bits per heavy atom. The predicted molar refractivity (Wildman–Crippen MR) is 66.8 cm³/mol. The first-order valence-electron chi connectivity index (χ1n) is 5.80.